The highest BCUT2D eigenvalue weighted by atomic mass is 16.6. The summed E-state index contributed by atoms with van der Waals surface area (Å²) in [6.45, 7) is 7.93. The first-order valence-corrected chi connectivity index (χ1v) is 5.17. The second-order valence-corrected chi connectivity index (χ2v) is 3.06. The second kappa shape index (κ2) is 11.9. The van der Waals surface area contributed by atoms with Crippen molar-refractivity contribution in [1.82, 2.24) is 0 Å². The largest absolute Gasteiger partial charge is 0.368 e. The van der Waals surface area contributed by atoms with Gasteiger partial charge in [0.25, 0.3) is 0 Å². The standard InChI is InChI=1S/C6H15NO2.C4H10/c1-3-4-6(7)9-5(2)8;1-3-4-2/h5-6,8H,3-4,7H2,1-2H3;3-4H2,1-2H3. The number of aliphatic hydroxyl groups is 1. The van der Waals surface area contributed by atoms with Crippen LogP contribution >= 0.6 is 0 Å². The van der Waals surface area contributed by atoms with Crippen LogP contribution in [-0.4, -0.2) is 17.6 Å². The normalized spacial score (nSPS) is 14.3. The highest BCUT2D eigenvalue weighted by molar-refractivity contribution is 4.45. The molecule has 0 rings (SSSR count). The average molecular weight is 191 g/mol. The summed E-state index contributed by atoms with van der Waals surface area (Å²) in [6.07, 6.45) is 3.36. The van der Waals surface area contributed by atoms with Gasteiger partial charge in [0.1, 0.15) is 6.23 Å². The van der Waals surface area contributed by atoms with Crippen LogP contribution in [-0.2, 0) is 4.74 Å². The Morgan fingerprint density at radius 1 is 1.15 bits per heavy atom. The lowest BCUT2D eigenvalue weighted by Gasteiger charge is -2.13. The zero-order valence-electron chi connectivity index (χ0n) is 9.42. The van der Waals surface area contributed by atoms with Gasteiger partial charge >= 0.3 is 0 Å². The summed E-state index contributed by atoms with van der Waals surface area (Å²) in [5.74, 6) is 0. The Hall–Kier alpha value is -0.120. The fraction of sp³-hybridized carbons (Fsp3) is 1.00. The number of unbranched alkanes of at least 4 members (excludes halogenated alkanes) is 1. The molecule has 3 nitrogen and oxygen atoms in total. The predicted molar refractivity (Wildman–Crippen MR) is 56.2 cm³/mol. The maximum Gasteiger partial charge on any atom is 0.153 e. The Labute approximate surface area is 82.3 Å². The van der Waals surface area contributed by atoms with Crippen LogP contribution in [0.25, 0.3) is 0 Å². The monoisotopic (exact) mass is 191 g/mol. The molecule has 0 heterocycles. The van der Waals surface area contributed by atoms with E-state index in [1.165, 1.54) is 12.8 Å². The molecule has 0 radical (unpaired) electrons. The van der Waals surface area contributed by atoms with E-state index in [1.54, 1.807) is 6.92 Å². The van der Waals surface area contributed by atoms with Crippen LogP contribution in [0, 0.1) is 0 Å². The van der Waals surface area contributed by atoms with Crippen molar-refractivity contribution in [1.29, 1.82) is 0 Å². The van der Waals surface area contributed by atoms with Crippen LogP contribution in [0.1, 0.15) is 53.4 Å². The van der Waals surface area contributed by atoms with Crippen molar-refractivity contribution < 1.29 is 9.84 Å². The van der Waals surface area contributed by atoms with E-state index in [2.05, 4.69) is 13.8 Å². The van der Waals surface area contributed by atoms with Gasteiger partial charge in [-0.25, -0.2) is 0 Å². The molecule has 0 aromatic rings. The maximum absolute atomic E-state index is 8.65. The molecular formula is C10H25NO2. The van der Waals surface area contributed by atoms with Gasteiger partial charge in [-0.1, -0.05) is 40.0 Å². The molecule has 0 bridgehead atoms. The van der Waals surface area contributed by atoms with E-state index in [-0.39, 0.29) is 6.23 Å². The van der Waals surface area contributed by atoms with Gasteiger partial charge in [-0.05, 0) is 13.3 Å². The minimum Gasteiger partial charge on any atom is -0.368 e. The Morgan fingerprint density at radius 2 is 1.62 bits per heavy atom. The molecule has 0 saturated heterocycles. The van der Waals surface area contributed by atoms with Gasteiger partial charge < -0.3 is 15.6 Å². The van der Waals surface area contributed by atoms with Gasteiger partial charge in [-0.15, -0.1) is 0 Å². The number of hydrogen-bond acceptors (Lipinski definition) is 3. The molecule has 0 aromatic heterocycles. The molecule has 0 spiro atoms. The third kappa shape index (κ3) is 18.7. The zero-order valence-corrected chi connectivity index (χ0v) is 9.42. The van der Waals surface area contributed by atoms with Crippen molar-refractivity contribution >= 4 is 0 Å². The molecule has 0 saturated carbocycles. The minimum absolute atomic E-state index is 0.310. The quantitative estimate of drug-likeness (QED) is 0.655. The highest BCUT2D eigenvalue weighted by Crippen LogP contribution is 1.96. The molecule has 0 amide bonds. The Kier molecular flexibility index (Phi) is 14.0. The van der Waals surface area contributed by atoms with Crippen LogP contribution in [0.3, 0.4) is 0 Å². The number of ether oxygens (including phenoxy) is 1. The van der Waals surface area contributed by atoms with E-state index >= 15 is 0 Å². The van der Waals surface area contributed by atoms with Crippen LogP contribution in [0.5, 0.6) is 0 Å². The van der Waals surface area contributed by atoms with Crippen molar-refractivity contribution in [3.05, 3.63) is 0 Å². The van der Waals surface area contributed by atoms with E-state index in [9.17, 15) is 0 Å². The van der Waals surface area contributed by atoms with Crippen molar-refractivity contribution in [3.63, 3.8) is 0 Å². The lowest BCUT2D eigenvalue weighted by Crippen LogP contribution is -2.27. The van der Waals surface area contributed by atoms with E-state index in [1.807, 2.05) is 6.92 Å². The van der Waals surface area contributed by atoms with E-state index in [0.717, 1.165) is 12.8 Å². The molecule has 3 N–H and O–H groups in total. The Bertz CT molecular complexity index is 85.0. The number of rotatable bonds is 5. The summed E-state index contributed by atoms with van der Waals surface area (Å²) in [5.41, 5.74) is 5.40. The SMILES string of the molecule is CCCC.CCCC(N)OC(C)O. The van der Waals surface area contributed by atoms with Gasteiger partial charge in [0, 0.05) is 0 Å². The number of aliphatic hydroxyl groups excluding tert-OH is 1. The third-order valence-corrected chi connectivity index (χ3v) is 1.44. The second-order valence-electron chi connectivity index (χ2n) is 3.06. The first kappa shape index (κ1) is 15.4. The maximum atomic E-state index is 8.65. The summed E-state index contributed by atoms with van der Waals surface area (Å²) in [7, 11) is 0. The average Bonchev–Trinajstić information content (AvgIpc) is 2.04. The molecule has 0 aliphatic carbocycles. The van der Waals surface area contributed by atoms with E-state index in [0.29, 0.717) is 0 Å². The molecule has 0 aromatic carbocycles. The van der Waals surface area contributed by atoms with Crippen LogP contribution in [0.4, 0.5) is 0 Å². The topological polar surface area (TPSA) is 55.5 Å². The van der Waals surface area contributed by atoms with Crippen molar-refractivity contribution in [2.24, 2.45) is 5.73 Å². The van der Waals surface area contributed by atoms with Crippen molar-refractivity contribution in [2.45, 2.75) is 65.9 Å². The van der Waals surface area contributed by atoms with Crippen LogP contribution in [0.2, 0.25) is 0 Å². The van der Waals surface area contributed by atoms with Crippen molar-refractivity contribution in [3.8, 4) is 0 Å². The summed E-state index contributed by atoms with van der Waals surface area (Å²) in [5, 5.41) is 8.65. The molecule has 0 aliphatic heterocycles. The minimum atomic E-state index is -0.744. The lowest BCUT2D eigenvalue weighted by atomic mass is 10.3. The van der Waals surface area contributed by atoms with Gasteiger partial charge in [0.15, 0.2) is 6.29 Å². The van der Waals surface area contributed by atoms with E-state index in [4.69, 9.17) is 15.6 Å². The molecular weight excluding hydrogens is 166 g/mol. The Morgan fingerprint density at radius 3 is 1.85 bits per heavy atom. The van der Waals surface area contributed by atoms with Crippen LogP contribution < -0.4 is 5.73 Å². The smallest absolute Gasteiger partial charge is 0.153 e. The molecule has 3 heteroatoms. The van der Waals surface area contributed by atoms with E-state index < -0.39 is 6.29 Å². The molecule has 2 unspecified atom stereocenters. The highest BCUT2D eigenvalue weighted by Gasteiger charge is 2.02. The van der Waals surface area contributed by atoms with Crippen LogP contribution in [0.15, 0.2) is 0 Å². The summed E-state index contributed by atoms with van der Waals surface area (Å²) in [4.78, 5) is 0. The van der Waals surface area contributed by atoms with Gasteiger partial charge in [-0.2, -0.15) is 0 Å². The van der Waals surface area contributed by atoms with Gasteiger partial charge in [0.05, 0.1) is 0 Å². The molecule has 82 valence electrons. The lowest BCUT2D eigenvalue weighted by molar-refractivity contribution is -0.123. The fourth-order valence-corrected chi connectivity index (χ4v) is 0.606. The number of nitrogens with two attached hydrogens (primary N) is 1. The summed E-state index contributed by atoms with van der Waals surface area (Å²) >= 11 is 0. The molecule has 0 aliphatic rings. The third-order valence-electron chi connectivity index (χ3n) is 1.44. The van der Waals surface area contributed by atoms with Gasteiger partial charge in [-0.3, -0.25) is 0 Å². The Balaban J connectivity index is 0. The first-order chi connectivity index (χ1) is 6.08. The molecule has 13 heavy (non-hydrogen) atoms. The summed E-state index contributed by atoms with van der Waals surface area (Å²) in [6, 6.07) is 0. The fourth-order valence-electron chi connectivity index (χ4n) is 0.606. The molecule has 0 fully saturated rings. The molecule has 2 atom stereocenters. The summed E-state index contributed by atoms with van der Waals surface area (Å²) < 4.78 is 4.82. The van der Waals surface area contributed by atoms with Gasteiger partial charge in [0.2, 0.25) is 0 Å². The van der Waals surface area contributed by atoms with Crippen molar-refractivity contribution in [2.75, 3.05) is 0 Å². The number of hydrogen-bond donors (Lipinski definition) is 2. The predicted octanol–water partition coefficient (Wildman–Crippen LogP) is 2.23. The first-order valence-electron chi connectivity index (χ1n) is 5.17. The zero-order chi connectivity index (χ0) is 10.7.